The lowest BCUT2D eigenvalue weighted by Crippen LogP contribution is -2.21. The molecule has 0 aliphatic heterocycles. The summed E-state index contributed by atoms with van der Waals surface area (Å²) in [4.78, 5) is 22.8. The number of fused-ring (bicyclic) bond motifs is 1. The fraction of sp³-hybridized carbons (Fsp3) is 0.0909. The van der Waals surface area contributed by atoms with Crippen LogP contribution in [0.4, 0.5) is 0 Å². The lowest BCUT2D eigenvalue weighted by Gasteiger charge is -2.04. The fourth-order valence-corrected chi connectivity index (χ4v) is 4.54. The van der Waals surface area contributed by atoms with Crippen LogP contribution in [-0.4, -0.2) is 19.7 Å². The van der Waals surface area contributed by atoms with E-state index < -0.39 is 0 Å². The van der Waals surface area contributed by atoms with Crippen molar-refractivity contribution in [1.29, 1.82) is 0 Å². The van der Waals surface area contributed by atoms with Gasteiger partial charge in [-0.05, 0) is 24.6 Å². The van der Waals surface area contributed by atoms with E-state index in [-0.39, 0.29) is 12.1 Å². The van der Waals surface area contributed by atoms with E-state index in [0.29, 0.717) is 21.9 Å². The SMILES string of the molecule is Cc1ccc(-c2csc3ncn(Cc4nc(-c5cccc(Br)c5)no4)c(=O)c23)cc1. The van der Waals surface area contributed by atoms with Crippen molar-refractivity contribution < 1.29 is 4.52 Å². The number of benzene rings is 2. The molecule has 0 aliphatic rings. The molecule has 3 heterocycles. The zero-order chi connectivity index (χ0) is 20.7. The molecule has 3 aromatic heterocycles. The van der Waals surface area contributed by atoms with Crippen molar-refractivity contribution in [1.82, 2.24) is 19.7 Å². The molecule has 0 unspecified atom stereocenters. The third-order valence-corrected chi connectivity index (χ3v) is 6.16. The van der Waals surface area contributed by atoms with Gasteiger partial charge in [0.25, 0.3) is 5.56 Å². The smallest absolute Gasteiger partial charge is 0.263 e. The summed E-state index contributed by atoms with van der Waals surface area (Å²) in [5.74, 6) is 0.824. The molecule has 5 aromatic rings. The number of thiophene rings is 1. The summed E-state index contributed by atoms with van der Waals surface area (Å²) < 4.78 is 7.81. The van der Waals surface area contributed by atoms with Crippen LogP contribution in [0.1, 0.15) is 11.5 Å². The first-order chi connectivity index (χ1) is 14.6. The number of rotatable bonds is 4. The van der Waals surface area contributed by atoms with E-state index in [1.807, 2.05) is 60.8 Å². The molecule has 2 aromatic carbocycles. The minimum atomic E-state index is -0.126. The number of aryl methyl sites for hydroxylation is 1. The van der Waals surface area contributed by atoms with Crippen LogP contribution < -0.4 is 5.56 Å². The van der Waals surface area contributed by atoms with E-state index in [9.17, 15) is 4.79 Å². The van der Waals surface area contributed by atoms with Crippen LogP contribution in [-0.2, 0) is 6.54 Å². The average molecular weight is 479 g/mol. The monoisotopic (exact) mass is 478 g/mol. The first kappa shape index (κ1) is 18.9. The zero-order valence-corrected chi connectivity index (χ0v) is 18.3. The summed E-state index contributed by atoms with van der Waals surface area (Å²) in [5.41, 5.74) is 3.77. The average Bonchev–Trinajstić information content (AvgIpc) is 3.38. The topological polar surface area (TPSA) is 73.8 Å². The maximum atomic E-state index is 13.2. The highest BCUT2D eigenvalue weighted by atomic mass is 79.9. The van der Waals surface area contributed by atoms with Crippen molar-refractivity contribution in [3.05, 3.63) is 86.5 Å². The van der Waals surface area contributed by atoms with Gasteiger partial charge in [0.1, 0.15) is 11.4 Å². The van der Waals surface area contributed by atoms with Crippen molar-refractivity contribution in [3.63, 3.8) is 0 Å². The predicted molar refractivity (Wildman–Crippen MR) is 121 cm³/mol. The van der Waals surface area contributed by atoms with Gasteiger partial charge < -0.3 is 4.52 Å². The van der Waals surface area contributed by atoms with E-state index in [1.165, 1.54) is 27.8 Å². The van der Waals surface area contributed by atoms with Crippen LogP contribution in [0.2, 0.25) is 0 Å². The molecule has 0 saturated carbocycles. The van der Waals surface area contributed by atoms with Crippen LogP contribution in [0.15, 0.2) is 74.0 Å². The summed E-state index contributed by atoms with van der Waals surface area (Å²) >= 11 is 4.90. The fourth-order valence-electron chi connectivity index (χ4n) is 3.24. The molecule has 0 saturated heterocycles. The van der Waals surface area contributed by atoms with Gasteiger partial charge in [-0.2, -0.15) is 4.98 Å². The highest BCUT2D eigenvalue weighted by molar-refractivity contribution is 9.10. The van der Waals surface area contributed by atoms with E-state index in [2.05, 4.69) is 31.1 Å². The van der Waals surface area contributed by atoms with Crippen LogP contribution in [0, 0.1) is 6.92 Å². The first-order valence-electron chi connectivity index (χ1n) is 9.21. The van der Waals surface area contributed by atoms with Crippen LogP contribution >= 0.6 is 27.3 Å². The van der Waals surface area contributed by atoms with Crippen molar-refractivity contribution in [2.75, 3.05) is 0 Å². The molecule has 0 fully saturated rings. The normalized spacial score (nSPS) is 11.3. The standard InChI is InChI=1S/C22H15BrN4O2S/c1-13-5-7-14(8-6-13)17-11-30-21-19(17)22(28)27(12-24-21)10-18-25-20(26-29-18)15-3-2-4-16(23)9-15/h2-9,11-12H,10H2,1H3. The van der Waals surface area contributed by atoms with Crippen molar-refractivity contribution >= 4 is 37.5 Å². The van der Waals surface area contributed by atoms with Gasteiger partial charge >= 0.3 is 0 Å². The molecule has 0 amide bonds. The van der Waals surface area contributed by atoms with E-state index >= 15 is 0 Å². The molecule has 0 atom stereocenters. The molecule has 30 heavy (non-hydrogen) atoms. The lowest BCUT2D eigenvalue weighted by molar-refractivity contribution is 0.369. The number of hydrogen-bond donors (Lipinski definition) is 0. The van der Waals surface area contributed by atoms with Gasteiger partial charge in [-0.1, -0.05) is 63.0 Å². The quantitative estimate of drug-likeness (QED) is 0.350. The van der Waals surface area contributed by atoms with Crippen LogP contribution in [0.5, 0.6) is 0 Å². The maximum absolute atomic E-state index is 13.2. The summed E-state index contributed by atoms with van der Waals surface area (Å²) in [6, 6.07) is 15.8. The molecular weight excluding hydrogens is 464 g/mol. The number of hydrogen-bond acceptors (Lipinski definition) is 6. The molecule has 0 N–H and O–H groups in total. The Labute approximate surface area is 184 Å². The second-order valence-corrected chi connectivity index (χ2v) is 8.67. The van der Waals surface area contributed by atoms with Crippen molar-refractivity contribution in [2.45, 2.75) is 13.5 Å². The zero-order valence-electron chi connectivity index (χ0n) is 15.9. The van der Waals surface area contributed by atoms with E-state index in [4.69, 9.17) is 4.52 Å². The molecule has 148 valence electrons. The summed E-state index contributed by atoms with van der Waals surface area (Å²) in [7, 11) is 0. The summed E-state index contributed by atoms with van der Waals surface area (Å²) in [6.45, 7) is 2.20. The Morgan fingerprint density at radius 3 is 2.77 bits per heavy atom. The molecule has 8 heteroatoms. The third kappa shape index (κ3) is 3.48. The Morgan fingerprint density at radius 2 is 1.97 bits per heavy atom. The van der Waals surface area contributed by atoms with Crippen LogP contribution in [0.25, 0.3) is 32.7 Å². The number of aromatic nitrogens is 4. The van der Waals surface area contributed by atoms with Gasteiger partial charge in [0.2, 0.25) is 11.7 Å². The minimum Gasteiger partial charge on any atom is -0.337 e. The highest BCUT2D eigenvalue weighted by Crippen LogP contribution is 2.30. The highest BCUT2D eigenvalue weighted by Gasteiger charge is 2.15. The van der Waals surface area contributed by atoms with E-state index in [0.717, 1.165) is 21.2 Å². The molecule has 0 radical (unpaired) electrons. The number of halogens is 1. The Hall–Kier alpha value is -3.10. The molecular formula is C22H15BrN4O2S. The van der Waals surface area contributed by atoms with Crippen LogP contribution in [0.3, 0.4) is 0 Å². The Balaban J connectivity index is 1.51. The second kappa shape index (κ2) is 7.62. The van der Waals surface area contributed by atoms with Crippen molar-refractivity contribution in [3.8, 4) is 22.5 Å². The first-order valence-corrected chi connectivity index (χ1v) is 10.9. The molecule has 6 nitrogen and oxygen atoms in total. The van der Waals surface area contributed by atoms with Gasteiger partial charge in [-0.15, -0.1) is 11.3 Å². The largest absolute Gasteiger partial charge is 0.337 e. The van der Waals surface area contributed by atoms with Crippen molar-refractivity contribution in [2.24, 2.45) is 0 Å². The molecule has 5 rings (SSSR count). The Morgan fingerprint density at radius 1 is 1.13 bits per heavy atom. The molecule has 0 aliphatic carbocycles. The predicted octanol–water partition coefficient (Wildman–Crippen LogP) is 5.29. The van der Waals surface area contributed by atoms with Gasteiger partial charge in [0.05, 0.1) is 11.7 Å². The van der Waals surface area contributed by atoms with Gasteiger partial charge in [-0.3, -0.25) is 9.36 Å². The summed E-state index contributed by atoms with van der Waals surface area (Å²) in [5, 5.41) is 6.63. The van der Waals surface area contributed by atoms with Gasteiger partial charge in [0.15, 0.2) is 0 Å². The molecule has 0 spiro atoms. The van der Waals surface area contributed by atoms with E-state index in [1.54, 1.807) is 0 Å². The minimum absolute atomic E-state index is 0.126. The second-order valence-electron chi connectivity index (χ2n) is 6.90. The Kier molecular flexibility index (Phi) is 4.80. The van der Waals surface area contributed by atoms with Gasteiger partial charge in [-0.25, -0.2) is 4.98 Å². The molecule has 0 bridgehead atoms. The number of nitrogens with zero attached hydrogens (tertiary/aromatic N) is 4. The summed E-state index contributed by atoms with van der Waals surface area (Å²) in [6.07, 6.45) is 1.53. The Bertz CT molecular complexity index is 1420. The van der Waals surface area contributed by atoms with Gasteiger partial charge in [0, 0.05) is 21.0 Å². The third-order valence-electron chi connectivity index (χ3n) is 4.78. The lowest BCUT2D eigenvalue weighted by atomic mass is 10.1. The maximum Gasteiger partial charge on any atom is 0.263 e.